The van der Waals surface area contributed by atoms with Crippen LogP contribution in [0.1, 0.15) is 72.5 Å². The number of allylic oxidation sites excluding steroid dienone is 4. The summed E-state index contributed by atoms with van der Waals surface area (Å²) >= 11 is 0. The number of rotatable bonds is 3. The predicted molar refractivity (Wildman–Crippen MR) is 131 cm³/mol. The summed E-state index contributed by atoms with van der Waals surface area (Å²) in [7, 11) is 0. The van der Waals surface area contributed by atoms with Crippen molar-refractivity contribution in [2.75, 3.05) is 0 Å². The summed E-state index contributed by atoms with van der Waals surface area (Å²) in [6.45, 7) is 13.0. The maximum absolute atomic E-state index is 13.2. The minimum absolute atomic E-state index is 0.137. The van der Waals surface area contributed by atoms with Crippen LogP contribution in [-0.4, -0.2) is 22.7 Å². The number of hydrogen-bond acceptors (Lipinski definition) is 4. The van der Waals surface area contributed by atoms with E-state index in [2.05, 4.69) is 45.9 Å². The number of aryl methyl sites for hydroxylation is 1. The van der Waals surface area contributed by atoms with Crippen molar-refractivity contribution in [1.29, 1.82) is 0 Å². The number of carbonyl (C=O) groups is 1. The van der Waals surface area contributed by atoms with Crippen LogP contribution in [0.2, 0.25) is 0 Å². The number of furan rings is 1. The maximum Gasteiger partial charge on any atom is 0.139 e. The van der Waals surface area contributed by atoms with Gasteiger partial charge in [0.2, 0.25) is 0 Å². The monoisotopic (exact) mass is 449 g/mol. The van der Waals surface area contributed by atoms with E-state index < -0.39 is 6.10 Å². The highest BCUT2D eigenvalue weighted by atomic mass is 16.3. The van der Waals surface area contributed by atoms with Gasteiger partial charge < -0.3 is 9.52 Å². The molecule has 1 aromatic rings. The average molecular weight is 450 g/mol. The Hall–Kier alpha value is -1.94. The zero-order chi connectivity index (χ0) is 23.8. The topological polar surface area (TPSA) is 62.8 Å². The largest absolute Gasteiger partial charge is 0.467 e. The molecule has 0 aromatic carbocycles. The normalized spacial score (nSPS) is 45.4. The highest BCUT2D eigenvalue weighted by molar-refractivity contribution is 6.07. The van der Waals surface area contributed by atoms with Crippen LogP contribution in [0.5, 0.6) is 0 Å². The van der Waals surface area contributed by atoms with E-state index in [1.165, 1.54) is 5.57 Å². The molecular weight excluding hydrogens is 410 g/mol. The number of aliphatic hydroxyl groups excluding tert-OH is 1. The van der Waals surface area contributed by atoms with E-state index in [-0.39, 0.29) is 22.2 Å². The van der Waals surface area contributed by atoms with Gasteiger partial charge in [0, 0.05) is 29.2 Å². The average Bonchev–Trinajstić information content (AvgIpc) is 3.26. The quantitative estimate of drug-likeness (QED) is 0.565. The molecule has 4 aliphatic carbocycles. The molecule has 0 saturated heterocycles. The Kier molecular flexibility index (Phi) is 5.21. The van der Waals surface area contributed by atoms with Gasteiger partial charge in [-0.3, -0.25) is 4.79 Å². The second kappa shape index (κ2) is 7.53. The van der Waals surface area contributed by atoms with Gasteiger partial charge in [-0.15, -0.1) is 0 Å². The Morgan fingerprint density at radius 1 is 1.30 bits per heavy atom. The number of hydrogen-bond donors (Lipinski definition) is 1. The van der Waals surface area contributed by atoms with Crippen LogP contribution in [0.3, 0.4) is 0 Å². The predicted octanol–water partition coefficient (Wildman–Crippen LogP) is 6.60. The molecule has 1 aromatic heterocycles. The molecule has 3 saturated carbocycles. The molecule has 0 amide bonds. The van der Waals surface area contributed by atoms with E-state index >= 15 is 0 Å². The third-order valence-corrected chi connectivity index (χ3v) is 10.6. The van der Waals surface area contributed by atoms with Gasteiger partial charge in [-0.2, -0.15) is 0 Å². The smallest absolute Gasteiger partial charge is 0.139 e. The molecule has 0 radical (unpaired) electrons. The van der Waals surface area contributed by atoms with Crippen molar-refractivity contribution < 1.29 is 14.3 Å². The lowest BCUT2D eigenvalue weighted by molar-refractivity contribution is -0.155. The van der Waals surface area contributed by atoms with Crippen molar-refractivity contribution in [3.63, 3.8) is 0 Å². The molecular formula is C29H39NO3. The SMILES string of the molecule is CCC(=O)[C@@]1(C)[C@H](C)C[C@H]2[C@@H]3CCC4=C/C(=N/c5coc(C)c5)C=C[C@]4(C)[C@H]3[C@@H](O)C[C@@]21C. The zero-order valence-corrected chi connectivity index (χ0v) is 21.0. The van der Waals surface area contributed by atoms with Crippen LogP contribution in [0.4, 0.5) is 5.69 Å². The molecule has 4 aliphatic rings. The maximum atomic E-state index is 13.2. The first-order chi connectivity index (χ1) is 15.5. The number of Topliss-reactive ketones (excluding diaryl/α,β-unsaturated/α-hetero) is 1. The molecule has 8 atom stereocenters. The first-order valence-electron chi connectivity index (χ1n) is 12.8. The van der Waals surface area contributed by atoms with Crippen LogP contribution in [-0.2, 0) is 4.79 Å². The molecule has 0 spiro atoms. The van der Waals surface area contributed by atoms with Gasteiger partial charge in [-0.1, -0.05) is 46.3 Å². The Labute approximate surface area is 198 Å². The Morgan fingerprint density at radius 3 is 2.73 bits per heavy atom. The summed E-state index contributed by atoms with van der Waals surface area (Å²) in [5.41, 5.74) is 2.53. The fraction of sp³-hybridized carbons (Fsp3) is 0.655. The summed E-state index contributed by atoms with van der Waals surface area (Å²) in [4.78, 5) is 18.0. The Balaban J connectivity index is 1.49. The number of ketones is 1. The molecule has 0 unspecified atom stereocenters. The van der Waals surface area contributed by atoms with Crippen LogP contribution in [0.25, 0.3) is 0 Å². The molecule has 0 aliphatic heterocycles. The van der Waals surface area contributed by atoms with Crippen molar-refractivity contribution in [3.05, 3.63) is 41.9 Å². The van der Waals surface area contributed by atoms with Gasteiger partial charge in [-0.05, 0) is 67.9 Å². The van der Waals surface area contributed by atoms with E-state index in [4.69, 9.17) is 9.41 Å². The molecule has 1 N–H and O–H groups in total. The summed E-state index contributed by atoms with van der Waals surface area (Å²) in [5, 5.41) is 11.7. The Bertz CT molecular complexity index is 1060. The number of fused-ring (bicyclic) bond motifs is 5. The van der Waals surface area contributed by atoms with Gasteiger partial charge in [0.05, 0.1) is 11.8 Å². The summed E-state index contributed by atoms with van der Waals surface area (Å²) in [6.07, 6.45) is 12.5. The molecule has 1 heterocycles. The van der Waals surface area contributed by atoms with Crippen molar-refractivity contribution in [1.82, 2.24) is 0 Å². The highest BCUT2D eigenvalue weighted by Gasteiger charge is 2.68. The van der Waals surface area contributed by atoms with Gasteiger partial charge in [0.15, 0.2) is 0 Å². The molecule has 0 bridgehead atoms. The molecule has 4 nitrogen and oxygen atoms in total. The second-order valence-electron chi connectivity index (χ2n) is 11.9. The minimum Gasteiger partial charge on any atom is -0.467 e. The van der Waals surface area contributed by atoms with E-state index in [9.17, 15) is 9.90 Å². The minimum atomic E-state index is -0.404. The molecule has 33 heavy (non-hydrogen) atoms. The summed E-state index contributed by atoms with van der Waals surface area (Å²) in [6, 6.07) is 1.95. The number of carbonyl (C=O) groups excluding carboxylic acids is 1. The number of aliphatic imine (C=N–C) groups is 1. The lowest BCUT2D eigenvalue weighted by atomic mass is 9.44. The van der Waals surface area contributed by atoms with Crippen LogP contribution >= 0.6 is 0 Å². The van der Waals surface area contributed by atoms with Crippen molar-refractivity contribution in [3.8, 4) is 0 Å². The zero-order valence-electron chi connectivity index (χ0n) is 21.0. The van der Waals surface area contributed by atoms with Crippen molar-refractivity contribution in [2.24, 2.45) is 44.9 Å². The molecule has 178 valence electrons. The Morgan fingerprint density at radius 2 is 2.06 bits per heavy atom. The first kappa shape index (κ1) is 22.8. The van der Waals surface area contributed by atoms with E-state index in [1.54, 1.807) is 6.26 Å². The standard InChI is InChI=1S/C29H39NO3/c1-7-25(32)29(6)17(2)12-23-22-9-8-19-14-20(30-21-13-18(3)33-16-21)10-11-27(19,4)26(22)24(31)15-28(23,29)5/h10-11,13-14,16-17,22-24,26,31H,7-9,12,15H2,1-6H3/b30-20+/t17-,22+,23+,24+,26-,27+,28+,29-/m1/s1. The van der Waals surface area contributed by atoms with Crippen molar-refractivity contribution >= 4 is 17.2 Å². The third kappa shape index (κ3) is 3.05. The molecule has 5 rings (SSSR count). The summed E-state index contributed by atoms with van der Waals surface area (Å²) in [5.74, 6) is 2.71. The van der Waals surface area contributed by atoms with Crippen LogP contribution in [0.15, 0.2) is 45.5 Å². The highest BCUT2D eigenvalue weighted by Crippen LogP contribution is 2.71. The van der Waals surface area contributed by atoms with Crippen molar-refractivity contribution in [2.45, 2.75) is 79.8 Å². The van der Waals surface area contributed by atoms with E-state index in [0.29, 0.717) is 30.0 Å². The lowest BCUT2D eigenvalue weighted by Gasteiger charge is -2.60. The van der Waals surface area contributed by atoms with E-state index in [0.717, 1.165) is 42.8 Å². The number of aliphatic hydroxyl groups is 1. The fourth-order valence-electron chi connectivity index (χ4n) is 8.56. The van der Waals surface area contributed by atoms with Gasteiger partial charge in [-0.25, -0.2) is 4.99 Å². The second-order valence-corrected chi connectivity index (χ2v) is 11.9. The first-order valence-corrected chi connectivity index (χ1v) is 12.8. The van der Waals surface area contributed by atoms with E-state index in [1.807, 2.05) is 19.9 Å². The fourth-order valence-corrected chi connectivity index (χ4v) is 8.56. The molecule has 3 fully saturated rings. The number of nitrogens with zero attached hydrogens (tertiary/aromatic N) is 1. The van der Waals surface area contributed by atoms with Crippen LogP contribution < -0.4 is 0 Å². The molecule has 4 heteroatoms. The van der Waals surface area contributed by atoms with Gasteiger partial charge >= 0.3 is 0 Å². The van der Waals surface area contributed by atoms with Crippen LogP contribution in [0, 0.1) is 46.8 Å². The lowest BCUT2D eigenvalue weighted by Crippen LogP contribution is -2.58. The van der Waals surface area contributed by atoms with Gasteiger partial charge in [0.25, 0.3) is 0 Å². The third-order valence-electron chi connectivity index (χ3n) is 10.6. The summed E-state index contributed by atoms with van der Waals surface area (Å²) < 4.78 is 5.41. The van der Waals surface area contributed by atoms with Gasteiger partial charge in [0.1, 0.15) is 23.5 Å².